The second kappa shape index (κ2) is 30.3. The van der Waals surface area contributed by atoms with E-state index in [9.17, 15) is 0 Å². The van der Waals surface area contributed by atoms with Crippen LogP contribution in [0.25, 0.3) is 11.4 Å². The molecule has 0 bridgehead atoms. The molecule has 0 aliphatic rings. The van der Waals surface area contributed by atoms with Gasteiger partial charge in [-0.3, -0.25) is 0 Å². The molecule has 0 fully saturated rings. The van der Waals surface area contributed by atoms with Crippen LogP contribution in [0.1, 0.15) is 140 Å². The molecule has 3 aromatic carbocycles. The summed E-state index contributed by atoms with van der Waals surface area (Å²) in [6, 6.07) is 24.1. The lowest BCUT2D eigenvalue weighted by Crippen LogP contribution is -2.13. The molecule has 0 aromatic heterocycles. The van der Waals surface area contributed by atoms with E-state index in [-0.39, 0.29) is 0 Å². The summed E-state index contributed by atoms with van der Waals surface area (Å²) in [7, 11) is 0. The number of anilines is 1. The molecule has 0 unspecified atom stereocenters. The van der Waals surface area contributed by atoms with Crippen LogP contribution in [0.15, 0.2) is 92.0 Å². The summed E-state index contributed by atoms with van der Waals surface area (Å²) >= 11 is 0. The summed E-state index contributed by atoms with van der Waals surface area (Å²) in [4.78, 5) is 0. The van der Waals surface area contributed by atoms with Crippen LogP contribution in [0, 0.1) is 32.1 Å². The highest BCUT2D eigenvalue weighted by molar-refractivity contribution is 5.78. The van der Waals surface area contributed by atoms with Crippen molar-refractivity contribution in [2.24, 2.45) is 0 Å². The Morgan fingerprint density at radius 3 is 1.52 bits per heavy atom. The minimum atomic E-state index is 0.643. The number of allylic oxidation sites excluding steroid dienone is 1. The Hall–Kier alpha value is -4.03. The molecule has 3 heteroatoms. The van der Waals surface area contributed by atoms with Crippen LogP contribution >= 0.6 is 0 Å². The number of nitrogens with zero attached hydrogens (tertiary/aromatic N) is 1. The van der Waals surface area contributed by atoms with Crippen LogP contribution in [0.4, 0.5) is 5.69 Å². The monoisotopic (exact) mass is 652 g/mol. The molecule has 0 heterocycles. The van der Waals surface area contributed by atoms with Gasteiger partial charge in [-0.05, 0) is 93.0 Å². The first-order chi connectivity index (χ1) is 22.9. The average Bonchev–Trinajstić information content (AvgIpc) is 3.10. The summed E-state index contributed by atoms with van der Waals surface area (Å²) < 4.78 is 0. The number of nitriles is 1. The van der Waals surface area contributed by atoms with Crippen molar-refractivity contribution in [1.29, 1.82) is 5.26 Å². The Morgan fingerprint density at radius 2 is 1.12 bits per heavy atom. The van der Waals surface area contributed by atoms with Crippen LogP contribution in [-0.4, -0.2) is 6.54 Å². The van der Waals surface area contributed by atoms with Crippen molar-refractivity contribution in [3.8, 4) is 6.07 Å². The minimum absolute atomic E-state index is 0.643. The van der Waals surface area contributed by atoms with Gasteiger partial charge in [0.05, 0.1) is 11.6 Å². The van der Waals surface area contributed by atoms with Crippen molar-refractivity contribution in [3.63, 3.8) is 0 Å². The quantitative estimate of drug-likeness (QED) is 0.143. The van der Waals surface area contributed by atoms with Crippen molar-refractivity contribution in [3.05, 3.63) is 125 Å². The summed E-state index contributed by atoms with van der Waals surface area (Å²) in [6.07, 6.45) is 11.4. The van der Waals surface area contributed by atoms with Gasteiger partial charge in [0.15, 0.2) is 0 Å². The van der Waals surface area contributed by atoms with E-state index >= 15 is 0 Å². The first-order valence-electron chi connectivity index (χ1n) is 18.1. The molecule has 0 saturated carbocycles. The second-order valence-corrected chi connectivity index (χ2v) is 12.2. The molecule has 0 aliphatic carbocycles. The van der Waals surface area contributed by atoms with Crippen molar-refractivity contribution in [2.45, 2.75) is 127 Å². The second-order valence-electron chi connectivity index (χ2n) is 12.2. The number of hydrogen-bond donors (Lipinski definition) is 2. The lowest BCUT2D eigenvalue weighted by Gasteiger charge is -2.15. The third-order valence-electron chi connectivity index (χ3n) is 7.49. The SMILES string of the molecule is C=C(C)CCCC.C=C(NCCCC)c1ccc(C)c(NC(=C)c2ccc(C#N)cc2)c1.CCCC.CCCC.Cc1ccccc1C. The van der Waals surface area contributed by atoms with Gasteiger partial charge in [-0.1, -0.05) is 147 Å². The predicted octanol–water partition coefficient (Wildman–Crippen LogP) is 14.0. The Kier molecular flexibility index (Phi) is 29.1. The van der Waals surface area contributed by atoms with E-state index < -0.39 is 0 Å². The van der Waals surface area contributed by atoms with E-state index in [0.717, 1.165) is 53.2 Å². The zero-order valence-corrected chi connectivity index (χ0v) is 32.5. The number of nitrogens with one attached hydrogen (secondary N) is 2. The van der Waals surface area contributed by atoms with E-state index in [1.807, 2.05) is 12.1 Å². The largest absolute Gasteiger partial charge is 0.385 e. The summed E-state index contributed by atoms with van der Waals surface area (Å²) in [6.45, 7) is 34.5. The molecule has 3 aromatic rings. The zero-order chi connectivity index (χ0) is 36.7. The van der Waals surface area contributed by atoms with E-state index in [0.29, 0.717) is 5.56 Å². The van der Waals surface area contributed by atoms with Gasteiger partial charge in [0.2, 0.25) is 0 Å². The van der Waals surface area contributed by atoms with Gasteiger partial charge in [-0.2, -0.15) is 5.26 Å². The summed E-state index contributed by atoms with van der Waals surface area (Å²) in [5.41, 5.74) is 10.6. The van der Waals surface area contributed by atoms with Gasteiger partial charge in [0, 0.05) is 23.6 Å². The summed E-state index contributed by atoms with van der Waals surface area (Å²) in [5.74, 6) is 0. The van der Waals surface area contributed by atoms with E-state index in [4.69, 9.17) is 5.26 Å². The average molecular weight is 652 g/mol. The Labute approximate surface area is 297 Å². The maximum atomic E-state index is 8.90. The van der Waals surface area contributed by atoms with E-state index in [2.05, 4.69) is 148 Å². The molecule has 3 rings (SSSR count). The highest BCUT2D eigenvalue weighted by Gasteiger charge is 2.06. The van der Waals surface area contributed by atoms with Crippen LogP contribution in [0.5, 0.6) is 0 Å². The molecule has 2 N–H and O–H groups in total. The fraction of sp³-hybridized carbons (Fsp3) is 0.444. The van der Waals surface area contributed by atoms with Crippen LogP contribution < -0.4 is 10.6 Å². The highest BCUT2D eigenvalue weighted by Crippen LogP contribution is 2.24. The standard InChI is InChI=1S/C22H25N3.C8H10.C7H14.2C4H10/c1-5-6-13-24-17(3)21-10-7-16(2)22(14-21)25-18(4)20-11-8-19(15-23)9-12-20;1-7-5-3-4-6-8(7)2;1-4-5-6-7(2)3;2*1-3-4-2/h7-12,14,24-25H,3-6,13H2,1-2H3;3-6H,1-2H3;2,4-6H2,1,3H3;2*3-4H2,1-2H3. The van der Waals surface area contributed by atoms with Gasteiger partial charge < -0.3 is 10.6 Å². The lowest BCUT2D eigenvalue weighted by molar-refractivity contribution is 0.745. The van der Waals surface area contributed by atoms with Gasteiger partial charge in [0.25, 0.3) is 0 Å². The van der Waals surface area contributed by atoms with Crippen molar-refractivity contribution < 1.29 is 0 Å². The molecule has 0 amide bonds. The van der Waals surface area contributed by atoms with Crippen molar-refractivity contribution >= 4 is 17.1 Å². The molecule has 3 nitrogen and oxygen atoms in total. The van der Waals surface area contributed by atoms with Gasteiger partial charge in [-0.15, -0.1) is 6.58 Å². The van der Waals surface area contributed by atoms with Gasteiger partial charge in [-0.25, -0.2) is 0 Å². The van der Waals surface area contributed by atoms with Gasteiger partial charge >= 0.3 is 0 Å². The van der Waals surface area contributed by atoms with Gasteiger partial charge in [0.1, 0.15) is 0 Å². The number of unbranched alkanes of at least 4 members (excludes halogenated alkanes) is 4. The van der Waals surface area contributed by atoms with Crippen LogP contribution in [-0.2, 0) is 0 Å². The fourth-order valence-electron chi connectivity index (χ4n) is 3.58. The molecule has 0 radical (unpaired) electrons. The predicted molar refractivity (Wildman–Crippen MR) is 218 cm³/mol. The number of benzene rings is 3. The first kappa shape index (κ1) is 46.1. The molecule has 0 atom stereocenters. The molecule has 0 saturated heterocycles. The van der Waals surface area contributed by atoms with Crippen LogP contribution in [0.3, 0.4) is 0 Å². The minimum Gasteiger partial charge on any atom is -0.385 e. The summed E-state index contributed by atoms with van der Waals surface area (Å²) in [5, 5.41) is 15.6. The fourth-order valence-corrected chi connectivity index (χ4v) is 3.58. The molecular formula is C45H69N3. The van der Waals surface area contributed by atoms with Crippen molar-refractivity contribution in [2.75, 3.05) is 11.9 Å². The number of rotatable bonds is 13. The molecule has 0 aliphatic heterocycles. The molecule has 0 spiro atoms. The number of hydrogen-bond acceptors (Lipinski definition) is 3. The molecule has 48 heavy (non-hydrogen) atoms. The Morgan fingerprint density at radius 1 is 0.625 bits per heavy atom. The maximum absolute atomic E-state index is 8.90. The highest BCUT2D eigenvalue weighted by atomic mass is 14.9. The third-order valence-corrected chi connectivity index (χ3v) is 7.49. The topological polar surface area (TPSA) is 47.8 Å². The normalized spacial score (nSPS) is 9.27. The van der Waals surface area contributed by atoms with E-state index in [1.165, 1.54) is 61.6 Å². The maximum Gasteiger partial charge on any atom is 0.0991 e. The first-order valence-corrected chi connectivity index (χ1v) is 18.1. The third kappa shape index (κ3) is 23.3. The zero-order valence-electron chi connectivity index (χ0n) is 32.5. The molecule has 264 valence electrons. The van der Waals surface area contributed by atoms with E-state index in [1.54, 1.807) is 12.1 Å². The smallest absolute Gasteiger partial charge is 0.0991 e. The number of aryl methyl sites for hydroxylation is 3. The van der Waals surface area contributed by atoms with Crippen LogP contribution in [0.2, 0.25) is 0 Å². The molecular weight excluding hydrogens is 583 g/mol. The van der Waals surface area contributed by atoms with Crippen molar-refractivity contribution in [1.82, 2.24) is 5.32 Å². The Bertz CT molecular complexity index is 1300. The Balaban J connectivity index is 0. The lowest BCUT2D eigenvalue weighted by atomic mass is 10.1.